The van der Waals surface area contributed by atoms with Crippen molar-refractivity contribution in [2.45, 2.75) is 39.7 Å². The zero-order chi connectivity index (χ0) is 38.3. The molecule has 1 aliphatic heterocycles. The van der Waals surface area contributed by atoms with Gasteiger partial charge in [-0.15, -0.1) is 21.5 Å². The van der Waals surface area contributed by atoms with Crippen molar-refractivity contribution in [3.63, 3.8) is 0 Å². The lowest BCUT2D eigenvalue weighted by Crippen LogP contribution is -2.17. The maximum Gasteiger partial charge on any atom is 0.305 e. The van der Waals surface area contributed by atoms with Gasteiger partial charge in [-0.2, -0.15) is 0 Å². The van der Waals surface area contributed by atoms with E-state index in [4.69, 9.17) is 50.1 Å². The highest BCUT2D eigenvalue weighted by Gasteiger charge is 2.32. The standard InChI is InChI=1S/C38H46ClN5O9S/c1-25-26(2)54-38-35(25)36(28-7-9-29(39)10-8-28)41-32(37-43-42-27(3)44(37)38)24-33(45)40-30-5-4-6-31(23-30)53-22-21-52-20-19-51-18-17-50-16-15-49-14-13-48-12-11-34(46)47/h4-10,23,32H,11-22,24H2,1-3H3,(H,40,45)(H,46,47)/t32-/m0/s1. The number of ether oxygens (including phenoxy) is 6. The number of amides is 1. The van der Waals surface area contributed by atoms with Gasteiger partial charge in [0, 0.05) is 32.8 Å². The van der Waals surface area contributed by atoms with Crippen LogP contribution < -0.4 is 10.1 Å². The molecule has 2 N–H and O–H groups in total. The van der Waals surface area contributed by atoms with E-state index in [1.165, 1.54) is 4.88 Å². The zero-order valence-corrected chi connectivity index (χ0v) is 32.2. The first-order valence-corrected chi connectivity index (χ1v) is 18.9. The lowest BCUT2D eigenvalue weighted by atomic mass is 9.99. The summed E-state index contributed by atoms with van der Waals surface area (Å²) in [5.41, 5.74) is 4.43. The monoisotopic (exact) mass is 783 g/mol. The molecule has 0 spiro atoms. The van der Waals surface area contributed by atoms with Crippen LogP contribution in [0.5, 0.6) is 5.75 Å². The maximum absolute atomic E-state index is 13.5. The molecule has 4 aromatic rings. The van der Waals surface area contributed by atoms with Crippen molar-refractivity contribution >= 4 is 46.2 Å². The molecule has 0 saturated heterocycles. The topological polar surface area (TPSA) is 165 Å². The summed E-state index contributed by atoms with van der Waals surface area (Å²) in [5.74, 6) is 0.836. The SMILES string of the molecule is Cc1sc2c(c1C)C(c1ccc(Cl)cc1)=N[C@@H](CC(=O)Nc1cccc(OCCOCCOCCOCCOCCOCCC(=O)O)c1)c1nnc(C)n1-2. The number of carboxylic acids is 1. The third-order valence-electron chi connectivity index (χ3n) is 8.30. The minimum absolute atomic E-state index is 0.0170. The minimum Gasteiger partial charge on any atom is -0.491 e. The number of aliphatic imine (C=N–C) groups is 1. The summed E-state index contributed by atoms with van der Waals surface area (Å²) in [7, 11) is 0. The van der Waals surface area contributed by atoms with Crippen LogP contribution in [0.1, 0.15) is 52.1 Å². The molecule has 1 aliphatic rings. The van der Waals surface area contributed by atoms with Gasteiger partial charge in [0.05, 0.1) is 84.6 Å². The van der Waals surface area contributed by atoms with E-state index in [-0.39, 0.29) is 25.4 Å². The number of rotatable bonds is 23. The van der Waals surface area contributed by atoms with E-state index in [1.54, 1.807) is 17.4 Å². The molecule has 0 aliphatic carbocycles. The number of benzene rings is 2. The van der Waals surface area contributed by atoms with Gasteiger partial charge >= 0.3 is 5.97 Å². The Morgan fingerprint density at radius 3 is 2.07 bits per heavy atom. The molecule has 0 saturated carbocycles. The van der Waals surface area contributed by atoms with E-state index in [0.29, 0.717) is 88.4 Å². The van der Waals surface area contributed by atoms with Crippen LogP contribution in [0.2, 0.25) is 5.02 Å². The highest BCUT2D eigenvalue weighted by molar-refractivity contribution is 7.15. The number of carbonyl (C=O) groups is 2. The van der Waals surface area contributed by atoms with Crippen LogP contribution in [0, 0.1) is 20.8 Å². The molecule has 2 aromatic carbocycles. The largest absolute Gasteiger partial charge is 0.491 e. The fourth-order valence-corrected chi connectivity index (χ4v) is 6.88. The summed E-state index contributed by atoms with van der Waals surface area (Å²) >= 11 is 7.89. The number of aliphatic carboxylic acids is 1. The van der Waals surface area contributed by atoms with Gasteiger partial charge in [0.15, 0.2) is 5.82 Å². The molecule has 0 bridgehead atoms. The van der Waals surface area contributed by atoms with E-state index in [1.807, 2.05) is 54.0 Å². The summed E-state index contributed by atoms with van der Waals surface area (Å²) in [5, 5.41) is 22.0. The number of nitrogens with one attached hydrogen (secondary N) is 1. The van der Waals surface area contributed by atoms with Crippen LogP contribution in [0.15, 0.2) is 53.5 Å². The molecular formula is C38H46ClN5O9S. The highest BCUT2D eigenvalue weighted by atomic mass is 35.5. The van der Waals surface area contributed by atoms with Gasteiger partial charge in [-0.05, 0) is 50.6 Å². The number of aromatic nitrogens is 3. The minimum atomic E-state index is -0.885. The van der Waals surface area contributed by atoms with Gasteiger partial charge in [0.25, 0.3) is 0 Å². The number of carboxylic acid groups (broad SMARTS) is 1. The van der Waals surface area contributed by atoms with Gasteiger partial charge in [0.1, 0.15) is 29.2 Å². The van der Waals surface area contributed by atoms with E-state index in [0.717, 1.165) is 33.2 Å². The predicted molar refractivity (Wildman–Crippen MR) is 205 cm³/mol. The molecule has 5 rings (SSSR count). The smallest absolute Gasteiger partial charge is 0.305 e. The van der Waals surface area contributed by atoms with Crippen molar-refractivity contribution in [2.24, 2.45) is 4.99 Å². The molecule has 0 unspecified atom stereocenters. The van der Waals surface area contributed by atoms with Gasteiger partial charge in [-0.1, -0.05) is 29.8 Å². The average molecular weight is 784 g/mol. The van der Waals surface area contributed by atoms with Gasteiger partial charge in [0.2, 0.25) is 5.91 Å². The van der Waals surface area contributed by atoms with Gasteiger partial charge in [-0.3, -0.25) is 19.1 Å². The molecule has 16 heteroatoms. The lowest BCUT2D eigenvalue weighted by molar-refractivity contribution is -0.138. The quantitative estimate of drug-likeness (QED) is 0.0879. The second kappa shape index (κ2) is 21.0. The Kier molecular flexibility index (Phi) is 15.9. The Bertz CT molecular complexity index is 1860. The van der Waals surface area contributed by atoms with Crippen molar-refractivity contribution in [3.05, 3.63) is 86.8 Å². The number of anilines is 1. The summed E-state index contributed by atoms with van der Waals surface area (Å²) in [6.45, 7) is 10.2. The molecule has 3 heterocycles. The Labute approximate surface area is 323 Å². The Morgan fingerprint density at radius 2 is 1.44 bits per heavy atom. The number of fused-ring (bicyclic) bond motifs is 3. The van der Waals surface area contributed by atoms with Crippen LogP contribution in [0.4, 0.5) is 5.69 Å². The number of aryl methyl sites for hydroxylation is 2. The normalized spacial score (nSPS) is 13.6. The fourth-order valence-electron chi connectivity index (χ4n) is 5.54. The third-order valence-corrected chi connectivity index (χ3v) is 9.74. The zero-order valence-electron chi connectivity index (χ0n) is 30.7. The van der Waals surface area contributed by atoms with E-state index >= 15 is 0 Å². The van der Waals surface area contributed by atoms with Crippen molar-refractivity contribution in [1.82, 2.24) is 14.8 Å². The van der Waals surface area contributed by atoms with Crippen LogP contribution in [-0.4, -0.2) is 110 Å². The van der Waals surface area contributed by atoms with E-state index in [9.17, 15) is 9.59 Å². The second-order valence-electron chi connectivity index (χ2n) is 12.2. The molecule has 1 amide bonds. The summed E-state index contributed by atoms with van der Waals surface area (Å²) in [6, 6.07) is 14.2. The molecule has 2 aromatic heterocycles. The Morgan fingerprint density at radius 1 is 0.833 bits per heavy atom. The Hall–Kier alpha value is -4.22. The molecule has 14 nitrogen and oxygen atoms in total. The van der Waals surface area contributed by atoms with Crippen LogP contribution in [0.25, 0.3) is 5.00 Å². The number of nitrogens with zero attached hydrogens (tertiary/aromatic N) is 4. The first-order valence-electron chi connectivity index (χ1n) is 17.7. The van der Waals surface area contributed by atoms with Crippen LogP contribution in [0.3, 0.4) is 0 Å². The number of thiophene rings is 1. The molecule has 1 atom stereocenters. The summed E-state index contributed by atoms with van der Waals surface area (Å²) < 4.78 is 35.0. The van der Waals surface area contributed by atoms with E-state index in [2.05, 4.69) is 29.4 Å². The van der Waals surface area contributed by atoms with E-state index < -0.39 is 12.0 Å². The summed E-state index contributed by atoms with van der Waals surface area (Å²) in [6.07, 6.45) is 0.0369. The predicted octanol–water partition coefficient (Wildman–Crippen LogP) is 5.76. The maximum atomic E-state index is 13.5. The average Bonchev–Trinajstić information content (AvgIpc) is 3.63. The number of hydrogen-bond donors (Lipinski definition) is 2. The molecule has 0 fully saturated rings. The number of hydrogen-bond acceptors (Lipinski definition) is 12. The van der Waals surface area contributed by atoms with Crippen LogP contribution in [-0.2, 0) is 33.3 Å². The third kappa shape index (κ3) is 11.9. The first kappa shape index (κ1) is 41.0. The second-order valence-corrected chi connectivity index (χ2v) is 13.9. The van der Waals surface area contributed by atoms with Crippen molar-refractivity contribution < 1.29 is 43.1 Å². The molecule has 54 heavy (non-hydrogen) atoms. The first-order chi connectivity index (χ1) is 26.2. The summed E-state index contributed by atoms with van der Waals surface area (Å²) in [4.78, 5) is 30.3. The van der Waals surface area contributed by atoms with Crippen LogP contribution >= 0.6 is 22.9 Å². The van der Waals surface area contributed by atoms with Crippen molar-refractivity contribution in [3.8, 4) is 10.8 Å². The van der Waals surface area contributed by atoms with Crippen molar-refractivity contribution in [1.29, 1.82) is 0 Å². The van der Waals surface area contributed by atoms with Crippen molar-refractivity contribution in [2.75, 3.05) is 78.0 Å². The fraction of sp³-hybridized carbons (Fsp3) is 0.447. The van der Waals surface area contributed by atoms with Gasteiger partial charge in [-0.25, -0.2) is 0 Å². The molecule has 0 radical (unpaired) electrons. The highest BCUT2D eigenvalue weighted by Crippen LogP contribution is 2.39. The molecule has 290 valence electrons. The van der Waals surface area contributed by atoms with Gasteiger partial charge < -0.3 is 38.8 Å². The molecular weight excluding hydrogens is 738 g/mol. The Balaban J connectivity index is 1.03. The lowest BCUT2D eigenvalue weighted by Gasteiger charge is -2.14. The number of halogens is 1. The number of carbonyl (C=O) groups excluding carboxylic acids is 1.